The quantitative estimate of drug-likeness (QED) is 0.519. The summed E-state index contributed by atoms with van der Waals surface area (Å²) in [7, 11) is -3.80. The highest BCUT2D eigenvalue weighted by atomic mass is 32.2. The number of hydrogen-bond acceptors (Lipinski definition) is 7. The second kappa shape index (κ2) is 9.16. The minimum Gasteiger partial charge on any atom is -0.411 e. The zero-order chi connectivity index (χ0) is 21.8. The number of benzene rings is 2. The standard InChI is InChI=1S/C20H19FN4O4S2/c21-16-7-4-8-17(13-16)31(27,28)25-11-9-24(10-12-25)18(26)14-30-20-23-22-19(29-20)15-5-2-1-3-6-15/h1-8,13H,9-12,14H2. The Hall–Kier alpha value is -2.76. The van der Waals surface area contributed by atoms with E-state index in [-0.39, 0.29) is 42.7 Å². The Morgan fingerprint density at radius 3 is 2.48 bits per heavy atom. The first-order valence-corrected chi connectivity index (χ1v) is 11.9. The number of aromatic nitrogens is 2. The van der Waals surface area contributed by atoms with Crippen LogP contribution < -0.4 is 0 Å². The predicted molar refractivity (Wildman–Crippen MR) is 112 cm³/mol. The maximum atomic E-state index is 13.4. The molecule has 0 aliphatic carbocycles. The monoisotopic (exact) mass is 462 g/mol. The smallest absolute Gasteiger partial charge is 0.277 e. The van der Waals surface area contributed by atoms with Crippen LogP contribution in [0.15, 0.2) is 69.1 Å². The maximum absolute atomic E-state index is 13.4. The van der Waals surface area contributed by atoms with Crippen molar-refractivity contribution in [3.8, 4) is 11.5 Å². The fraction of sp³-hybridized carbons (Fsp3) is 0.250. The number of nitrogens with zero attached hydrogens (tertiary/aromatic N) is 4. The molecule has 1 aliphatic rings. The van der Waals surface area contributed by atoms with Crippen molar-refractivity contribution in [1.29, 1.82) is 0 Å². The van der Waals surface area contributed by atoms with Gasteiger partial charge < -0.3 is 9.32 Å². The second-order valence-electron chi connectivity index (χ2n) is 6.77. The van der Waals surface area contributed by atoms with Crippen LogP contribution in [0.4, 0.5) is 4.39 Å². The molecule has 1 saturated heterocycles. The highest BCUT2D eigenvalue weighted by molar-refractivity contribution is 7.99. The van der Waals surface area contributed by atoms with Gasteiger partial charge in [-0.2, -0.15) is 4.31 Å². The molecule has 0 N–H and O–H groups in total. The lowest BCUT2D eigenvalue weighted by molar-refractivity contribution is -0.129. The van der Waals surface area contributed by atoms with E-state index in [9.17, 15) is 17.6 Å². The van der Waals surface area contributed by atoms with Crippen LogP contribution in [0.25, 0.3) is 11.5 Å². The Balaban J connectivity index is 1.30. The lowest BCUT2D eigenvalue weighted by atomic mass is 10.2. The van der Waals surface area contributed by atoms with Crippen LogP contribution in [0.1, 0.15) is 0 Å². The van der Waals surface area contributed by atoms with Crippen LogP contribution >= 0.6 is 11.8 Å². The third kappa shape index (κ3) is 4.94. The number of hydrogen-bond donors (Lipinski definition) is 0. The van der Waals surface area contributed by atoms with Crippen LogP contribution in [0.3, 0.4) is 0 Å². The second-order valence-corrected chi connectivity index (χ2v) is 9.63. The largest absolute Gasteiger partial charge is 0.411 e. The molecule has 1 aliphatic heterocycles. The molecule has 0 unspecified atom stereocenters. The van der Waals surface area contributed by atoms with E-state index < -0.39 is 15.8 Å². The van der Waals surface area contributed by atoms with Crippen molar-refractivity contribution >= 4 is 27.7 Å². The van der Waals surface area contributed by atoms with Crippen molar-refractivity contribution in [3.63, 3.8) is 0 Å². The first-order valence-electron chi connectivity index (χ1n) is 9.49. The molecule has 0 radical (unpaired) electrons. The van der Waals surface area contributed by atoms with Gasteiger partial charge >= 0.3 is 0 Å². The zero-order valence-corrected chi connectivity index (χ0v) is 18.0. The normalized spacial score (nSPS) is 15.2. The summed E-state index contributed by atoms with van der Waals surface area (Å²) in [5.41, 5.74) is 0.795. The van der Waals surface area contributed by atoms with E-state index in [4.69, 9.17) is 4.42 Å². The maximum Gasteiger partial charge on any atom is 0.277 e. The van der Waals surface area contributed by atoms with Crippen molar-refractivity contribution in [2.24, 2.45) is 0 Å². The van der Waals surface area contributed by atoms with Gasteiger partial charge in [0.15, 0.2) is 0 Å². The summed E-state index contributed by atoms with van der Waals surface area (Å²) in [6, 6.07) is 14.2. The number of carbonyl (C=O) groups excluding carboxylic acids is 1. The lowest BCUT2D eigenvalue weighted by Crippen LogP contribution is -2.50. The van der Waals surface area contributed by atoms with E-state index in [2.05, 4.69) is 10.2 Å². The van der Waals surface area contributed by atoms with Gasteiger partial charge in [0.2, 0.25) is 21.8 Å². The highest BCUT2D eigenvalue weighted by Crippen LogP contribution is 2.24. The average molecular weight is 463 g/mol. The van der Waals surface area contributed by atoms with Crippen LogP contribution in [0.5, 0.6) is 0 Å². The summed E-state index contributed by atoms with van der Waals surface area (Å²) in [6.45, 7) is 0.808. The topological polar surface area (TPSA) is 96.6 Å². The predicted octanol–water partition coefficient (Wildman–Crippen LogP) is 2.50. The van der Waals surface area contributed by atoms with Crippen molar-refractivity contribution in [2.75, 3.05) is 31.9 Å². The highest BCUT2D eigenvalue weighted by Gasteiger charge is 2.30. The number of amides is 1. The van der Waals surface area contributed by atoms with E-state index in [1.165, 1.54) is 22.5 Å². The Bertz CT molecular complexity index is 1160. The zero-order valence-electron chi connectivity index (χ0n) is 16.3. The molecular formula is C20H19FN4O4S2. The van der Waals surface area contributed by atoms with Gasteiger partial charge in [0.1, 0.15) is 5.82 Å². The number of piperazine rings is 1. The summed E-state index contributed by atoms with van der Waals surface area (Å²) in [6.07, 6.45) is 0. The van der Waals surface area contributed by atoms with E-state index in [1.807, 2.05) is 30.3 Å². The minimum absolute atomic E-state index is 0.0894. The number of sulfonamides is 1. The Morgan fingerprint density at radius 2 is 1.77 bits per heavy atom. The Morgan fingerprint density at radius 1 is 1.03 bits per heavy atom. The van der Waals surface area contributed by atoms with Gasteiger partial charge in [-0.1, -0.05) is 36.0 Å². The van der Waals surface area contributed by atoms with Crippen molar-refractivity contribution < 1.29 is 22.0 Å². The van der Waals surface area contributed by atoms with Gasteiger partial charge in [-0.15, -0.1) is 10.2 Å². The van der Waals surface area contributed by atoms with Gasteiger partial charge in [0.05, 0.1) is 10.6 Å². The molecule has 0 spiro atoms. The third-order valence-electron chi connectivity index (χ3n) is 4.77. The van der Waals surface area contributed by atoms with Crippen LogP contribution in [0, 0.1) is 5.82 Å². The summed E-state index contributed by atoms with van der Waals surface area (Å²) in [4.78, 5) is 14.0. The van der Waals surface area contributed by atoms with E-state index in [0.717, 1.165) is 23.4 Å². The molecule has 162 valence electrons. The fourth-order valence-electron chi connectivity index (χ4n) is 3.13. The molecule has 1 amide bonds. The SMILES string of the molecule is O=C(CSc1nnc(-c2ccccc2)o1)N1CCN(S(=O)(=O)c2cccc(F)c2)CC1. The molecule has 3 aromatic rings. The van der Waals surface area contributed by atoms with Gasteiger partial charge in [-0.3, -0.25) is 4.79 Å². The van der Waals surface area contributed by atoms with Gasteiger partial charge in [-0.25, -0.2) is 12.8 Å². The first-order chi connectivity index (χ1) is 14.9. The molecule has 2 aromatic carbocycles. The molecule has 11 heteroatoms. The van der Waals surface area contributed by atoms with Crippen molar-refractivity contribution in [3.05, 3.63) is 60.4 Å². The molecule has 2 heterocycles. The summed E-state index contributed by atoms with van der Waals surface area (Å²) in [5, 5.41) is 8.23. The van der Waals surface area contributed by atoms with Crippen molar-refractivity contribution in [1.82, 2.24) is 19.4 Å². The Labute approximate surface area is 183 Å². The molecule has 0 bridgehead atoms. The van der Waals surface area contributed by atoms with Crippen LogP contribution in [-0.2, 0) is 14.8 Å². The molecule has 0 saturated carbocycles. The molecule has 8 nitrogen and oxygen atoms in total. The summed E-state index contributed by atoms with van der Waals surface area (Å²) in [5.74, 6) is -0.269. The lowest BCUT2D eigenvalue weighted by Gasteiger charge is -2.33. The first kappa shape index (κ1) is 21.5. The van der Waals surface area contributed by atoms with Crippen LogP contribution in [-0.4, -0.2) is 65.7 Å². The molecule has 1 aromatic heterocycles. The number of thioether (sulfide) groups is 1. The van der Waals surface area contributed by atoms with E-state index in [1.54, 1.807) is 4.90 Å². The summed E-state index contributed by atoms with van der Waals surface area (Å²) >= 11 is 1.14. The van der Waals surface area contributed by atoms with Gasteiger partial charge in [-0.05, 0) is 30.3 Å². The van der Waals surface area contributed by atoms with E-state index >= 15 is 0 Å². The van der Waals surface area contributed by atoms with Crippen molar-refractivity contribution in [2.45, 2.75) is 10.1 Å². The fourth-order valence-corrected chi connectivity index (χ4v) is 5.25. The minimum atomic E-state index is -3.80. The Kier molecular flexibility index (Phi) is 6.35. The molecular weight excluding hydrogens is 443 g/mol. The van der Waals surface area contributed by atoms with Gasteiger partial charge in [0, 0.05) is 31.7 Å². The number of halogens is 1. The number of carbonyl (C=O) groups is 1. The summed E-state index contributed by atoms with van der Waals surface area (Å²) < 4.78 is 45.6. The number of rotatable bonds is 6. The third-order valence-corrected chi connectivity index (χ3v) is 7.47. The average Bonchev–Trinajstić information content (AvgIpc) is 3.27. The van der Waals surface area contributed by atoms with E-state index in [0.29, 0.717) is 11.1 Å². The molecule has 31 heavy (non-hydrogen) atoms. The molecule has 1 fully saturated rings. The molecule has 0 atom stereocenters. The van der Waals surface area contributed by atoms with Gasteiger partial charge in [0.25, 0.3) is 5.22 Å². The van der Waals surface area contributed by atoms with Crippen LogP contribution in [0.2, 0.25) is 0 Å². The molecule has 4 rings (SSSR count).